The number of aliphatic hydroxyl groups is 1. The molecule has 1 aromatic heterocycles. The van der Waals surface area contributed by atoms with Gasteiger partial charge in [0.05, 0.1) is 17.6 Å². The lowest BCUT2D eigenvalue weighted by Crippen LogP contribution is -2.35. The van der Waals surface area contributed by atoms with Crippen molar-refractivity contribution in [3.63, 3.8) is 0 Å². The van der Waals surface area contributed by atoms with E-state index in [4.69, 9.17) is 4.74 Å². The largest absolute Gasteiger partial charge is 0.393 e. The number of carbonyl (C=O) groups excluding carboxylic acids is 1. The minimum Gasteiger partial charge on any atom is -0.393 e. The highest BCUT2D eigenvalue weighted by Crippen LogP contribution is 2.33. The van der Waals surface area contributed by atoms with E-state index in [-0.39, 0.29) is 24.4 Å². The number of hydrogen-bond acceptors (Lipinski definition) is 5. The maximum Gasteiger partial charge on any atom is 0.262 e. The van der Waals surface area contributed by atoms with E-state index in [1.807, 2.05) is 18.2 Å². The monoisotopic (exact) mass is 442 g/mol. The molecular formula is C24H27FN2O3S. The Kier molecular flexibility index (Phi) is 6.97. The smallest absolute Gasteiger partial charge is 0.262 e. The Morgan fingerprint density at radius 2 is 1.90 bits per heavy atom. The maximum absolute atomic E-state index is 14.3. The van der Waals surface area contributed by atoms with Crippen molar-refractivity contribution in [3.05, 3.63) is 69.8 Å². The number of amides is 1. The van der Waals surface area contributed by atoms with Crippen molar-refractivity contribution < 1.29 is 19.0 Å². The van der Waals surface area contributed by atoms with E-state index >= 15 is 0 Å². The molecule has 0 unspecified atom stereocenters. The van der Waals surface area contributed by atoms with Gasteiger partial charge < -0.3 is 15.2 Å². The van der Waals surface area contributed by atoms with Gasteiger partial charge in [-0.15, -0.1) is 11.3 Å². The molecule has 1 fully saturated rings. The van der Waals surface area contributed by atoms with Gasteiger partial charge in [0, 0.05) is 48.9 Å². The van der Waals surface area contributed by atoms with E-state index in [2.05, 4.69) is 22.3 Å². The molecule has 1 aliphatic heterocycles. The third-order valence-corrected chi connectivity index (χ3v) is 6.89. The van der Waals surface area contributed by atoms with E-state index in [0.29, 0.717) is 22.4 Å². The Balaban J connectivity index is 1.40. The standard InChI is InChI=1S/C24H27FN2O3S/c1-30-15-19-22-20(25)3-2-4-21(22)31-23(19)24(29)26-13-16-5-7-17(8-6-16)14-27-11-9-18(28)10-12-27/h2-8,18,28H,9-15H2,1H3,(H,26,29). The highest BCUT2D eigenvalue weighted by Gasteiger charge is 2.21. The zero-order valence-corrected chi connectivity index (χ0v) is 18.4. The summed E-state index contributed by atoms with van der Waals surface area (Å²) in [5.74, 6) is -0.553. The van der Waals surface area contributed by atoms with Crippen LogP contribution in [0.4, 0.5) is 4.39 Å². The number of halogens is 1. The molecule has 7 heteroatoms. The summed E-state index contributed by atoms with van der Waals surface area (Å²) in [5, 5.41) is 13.1. The minimum absolute atomic E-state index is 0.163. The molecule has 3 aromatic rings. The van der Waals surface area contributed by atoms with Crippen LogP contribution in [-0.4, -0.2) is 42.2 Å². The number of aliphatic hydroxyl groups excluding tert-OH is 1. The van der Waals surface area contributed by atoms with E-state index in [1.54, 1.807) is 13.2 Å². The first-order valence-corrected chi connectivity index (χ1v) is 11.3. The van der Waals surface area contributed by atoms with Crippen LogP contribution in [-0.2, 0) is 24.4 Å². The van der Waals surface area contributed by atoms with Gasteiger partial charge in [0.25, 0.3) is 5.91 Å². The molecule has 164 valence electrons. The van der Waals surface area contributed by atoms with Crippen LogP contribution in [0.3, 0.4) is 0 Å². The van der Waals surface area contributed by atoms with Crippen LogP contribution in [0.5, 0.6) is 0 Å². The second-order valence-electron chi connectivity index (χ2n) is 7.96. The first kappa shape index (κ1) is 21.9. The average molecular weight is 443 g/mol. The minimum atomic E-state index is -0.335. The van der Waals surface area contributed by atoms with Crippen LogP contribution in [0.25, 0.3) is 10.1 Å². The van der Waals surface area contributed by atoms with Crippen LogP contribution in [0.1, 0.15) is 39.2 Å². The Morgan fingerprint density at radius 3 is 2.61 bits per heavy atom. The number of piperidine rings is 1. The van der Waals surface area contributed by atoms with Gasteiger partial charge in [-0.2, -0.15) is 0 Å². The van der Waals surface area contributed by atoms with Crippen molar-refractivity contribution in [1.82, 2.24) is 10.2 Å². The van der Waals surface area contributed by atoms with Gasteiger partial charge in [0.2, 0.25) is 0 Å². The second-order valence-corrected chi connectivity index (χ2v) is 9.01. The van der Waals surface area contributed by atoms with Crippen molar-refractivity contribution in [2.45, 2.75) is 38.6 Å². The molecule has 1 aliphatic rings. The summed E-state index contributed by atoms with van der Waals surface area (Å²) in [5.41, 5.74) is 2.82. The topological polar surface area (TPSA) is 61.8 Å². The molecule has 5 nitrogen and oxygen atoms in total. The fourth-order valence-electron chi connectivity index (χ4n) is 3.99. The van der Waals surface area contributed by atoms with Gasteiger partial charge in [0.1, 0.15) is 5.82 Å². The van der Waals surface area contributed by atoms with Crippen LogP contribution in [0.2, 0.25) is 0 Å². The summed E-state index contributed by atoms with van der Waals surface area (Å²) in [6, 6.07) is 13.1. The third kappa shape index (κ3) is 5.13. The van der Waals surface area contributed by atoms with E-state index in [9.17, 15) is 14.3 Å². The lowest BCUT2D eigenvalue weighted by atomic mass is 10.1. The predicted molar refractivity (Wildman–Crippen MR) is 121 cm³/mol. The van der Waals surface area contributed by atoms with Crippen molar-refractivity contribution in [2.24, 2.45) is 0 Å². The number of benzene rings is 2. The highest BCUT2D eigenvalue weighted by atomic mass is 32.1. The number of thiophene rings is 1. The fourth-order valence-corrected chi connectivity index (χ4v) is 5.13. The molecule has 2 heterocycles. The Bertz CT molecular complexity index is 1040. The molecule has 31 heavy (non-hydrogen) atoms. The number of fused-ring (bicyclic) bond motifs is 1. The van der Waals surface area contributed by atoms with Gasteiger partial charge >= 0.3 is 0 Å². The maximum atomic E-state index is 14.3. The zero-order valence-electron chi connectivity index (χ0n) is 17.6. The molecule has 0 aliphatic carbocycles. The summed E-state index contributed by atoms with van der Waals surface area (Å²) in [7, 11) is 1.54. The molecule has 2 aromatic carbocycles. The molecule has 0 spiro atoms. The molecule has 4 rings (SSSR count). The fraction of sp³-hybridized carbons (Fsp3) is 0.375. The Morgan fingerprint density at radius 1 is 1.19 bits per heavy atom. The summed E-state index contributed by atoms with van der Waals surface area (Å²) >= 11 is 1.29. The summed E-state index contributed by atoms with van der Waals surface area (Å²) in [6.45, 7) is 3.29. The van der Waals surface area contributed by atoms with Crippen LogP contribution < -0.4 is 5.32 Å². The Labute approximate surface area is 185 Å². The van der Waals surface area contributed by atoms with Gasteiger partial charge in [-0.1, -0.05) is 30.3 Å². The van der Waals surface area contributed by atoms with Gasteiger partial charge in [0.15, 0.2) is 0 Å². The number of likely N-dealkylation sites (tertiary alicyclic amines) is 1. The van der Waals surface area contributed by atoms with E-state index in [0.717, 1.165) is 42.7 Å². The normalized spacial score (nSPS) is 15.5. The quantitative estimate of drug-likeness (QED) is 0.579. The third-order valence-electron chi connectivity index (χ3n) is 5.70. The number of methoxy groups -OCH3 is 1. The van der Waals surface area contributed by atoms with Crippen molar-refractivity contribution >= 4 is 27.3 Å². The summed E-state index contributed by atoms with van der Waals surface area (Å²) < 4.78 is 20.3. The van der Waals surface area contributed by atoms with Gasteiger partial charge in [-0.05, 0) is 36.1 Å². The van der Waals surface area contributed by atoms with Crippen LogP contribution in [0, 0.1) is 5.82 Å². The van der Waals surface area contributed by atoms with E-state index < -0.39 is 0 Å². The second kappa shape index (κ2) is 9.87. The molecule has 2 N–H and O–H groups in total. The average Bonchev–Trinajstić information content (AvgIpc) is 3.15. The Hall–Kier alpha value is -2.32. The zero-order chi connectivity index (χ0) is 21.8. The highest BCUT2D eigenvalue weighted by molar-refractivity contribution is 7.21. The number of ether oxygens (including phenoxy) is 1. The number of carbonyl (C=O) groups is 1. The number of hydrogen-bond donors (Lipinski definition) is 2. The number of rotatable bonds is 7. The van der Waals surface area contributed by atoms with Crippen LogP contribution >= 0.6 is 11.3 Å². The SMILES string of the molecule is COCc1c(C(=O)NCc2ccc(CN3CCC(O)CC3)cc2)sc2cccc(F)c12. The lowest BCUT2D eigenvalue weighted by molar-refractivity contribution is 0.0792. The number of nitrogens with one attached hydrogen (secondary N) is 1. The lowest BCUT2D eigenvalue weighted by Gasteiger charge is -2.29. The molecular weight excluding hydrogens is 415 g/mol. The first-order valence-electron chi connectivity index (χ1n) is 10.5. The molecule has 0 atom stereocenters. The molecule has 0 bridgehead atoms. The van der Waals surface area contributed by atoms with Crippen molar-refractivity contribution in [3.8, 4) is 0 Å². The molecule has 0 saturated carbocycles. The van der Waals surface area contributed by atoms with Crippen LogP contribution in [0.15, 0.2) is 42.5 Å². The summed E-state index contributed by atoms with van der Waals surface area (Å²) in [4.78, 5) is 15.7. The van der Waals surface area contributed by atoms with Crippen molar-refractivity contribution in [2.75, 3.05) is 20.2 Å². The first-order chi connectivity index (χ1) is 15.0. The molecule has 0 radical (unpaired) electrons. The summed E-state index contributed by atoms with van der Waals surface area (Å²) in [6.07, 6.45) is 1.50. The predicted octanol–water partition coefficient (Wildman–Crippen LogP) is 4.07. The van der Waals surface area contributed by atoms with Gasteiger partial charge in [-0.3, -0.25) is 9.69 Å². The van der Waals surface area contributed by atoms with Crippen molar-refractivity contribution in [1.29, 1.82) is 0 Å². The molecule has 1 saturated heterocycles. The van der Waals surface area contributed by atoms with Gasteiger partial charge in [-0.25, -0.2) is 4.39 Å². The van der Waals surface area contributed by atoms with E-state index in [1.165, 1.54) is 23.0 Å². The molecule has 1 amide bonds. The number of nitrogens with zero attached hydrogens (tertiary/aromatic N) is 1.